The topological polar surface area (TPSA) is 86.8 Å². The Morgan fingerprint density at radius 3 is 2.13 bits per heavy atom. The molecule has 0 saturated carbocycles. The Hall–Kier alpha value is -1.93. The second-order valence-electron chi connectivity index (χ2n) is 5.66. The molecule has 1 aliphatic rings. The van der Waals surface area contributed by atoms with Crippen molar-refractivity contribution in [3.8, 4) is 0 Å². The van der Waals surface area contributed by atoms with Gasteiger partial charge < -0.3 is 4.90 Å². The number of amides is 1. The SMILES string of the molecule is CC(=O)N1CCN(CC(=O)c2ccc(NS(C)(=O)=O)cc2)CC1. The normalized spacial score (nSPS) is 16.2. The summed E-state index contributed by atoms with van der Waals surface area (Å²) in [6, 6.07) is 6.37. The highest BCUT2D eigenvalue weighted by Gasteiger charge is 2.20. The number of hydrogen-bond donors (Lipinski definition) is 1. The first-order chi connectivity index (χ1) is 10.7. The van der Waals surface area contributed by atoms with Gasteiger partial charge in [-0.3, -0.25) is 19.2 Å². The summed E-state index contributed by atoms with van der Waals surface area (Å²) < 4.78 is 24.6. The molecule has 2 rings (SSSR count). The van der Waals surface area contributed by atoms with Gasteiger partial charge in [0, 0.05) is 44.4 Å². The number of rotatable bonds is 5. The van der Waals surface area contributed by atoms with Crippen LogP contribution in [0.3, 0.4) is 0 Å². The second kappa shape index (κ2) is 7.10. The van der Waals surface area contributed by atoms with E-state index in [1.807, 2.05) is 4.90 Å². The highest BCUT2D eigenvalue weighted by Crippen LogP contribution is 2.12. The van der Waals surface area contributed by atoms with Crippen LogP contribution < -0.4 is 4.72 Å². The number of carbonyl (C=O) groups excluding carboxylic acids is 2. The van der Waals surface area contributed by atoms with E-state index in [1.165, 1.54) is 0 Å². The van der Waals surface area contributed by atoms with Gasteiger partial charge in [-0.2, -0.15) is 0 Å². The molecule has 0 unspecified atom stereocenters. The molecule has 7 nitrogen and oxygen atoms in total. The van der Waals surface area contributed by atoms with E-state index in [4.69, 9.17) is 0 Å². The van der Waals surface area contributed by atoms with Gasteiger partial charge in [0.2, 0.25) is 15.9 Å². The number of hydrogen-bond acceptors (Lipinski definition) is 5. The zero-order valence-corrected chi connectivity index (χ0v) is 14.1. The first-order valence-corrected chi connectivity index (χ1v) is 9.23. The molecule has 0 aliphatic carbocycles. The van der Waals surface area contributed by atoms with Crippen LogP contribution in [0.15, 0.2) is 24.3 Å². The zero-order chi connectivity index (χ0) is 17.0. The summed E-state index contributed by atoms with van der Waals surface area (Å²) in [5.41, 5.74) is 0.970. The van der Waals surface area contributed by atoms with Crippen molar-refractivity contribution < 1.29 is 18.0 Å². The number of nitrogens with zero attached hydrogens (tertiary/aromatic N) is 2. The molecule has 0 aromatic heterocycles. The number of Topliss-reactive ketones (excluding diaryl/α,β-unsaturated/α-hetero) is 1. The molecule has 1 amide bonds. The molecule has 1 aliphatic heterocycles. The lowest BCUT2D eigenvalue weighted by Gasteiger charge is -2.33. The molecule has 1 aromatic carbocycles. The highest BCUT2D eigenvalue weighted by atomic mass is 32.2. The Morgan fingerprint density at radius 1 is 1.09 bits per heavy atom. The van der Waals surface area contributed by atoms with Crippen molar-refractivity contribution in [2.75, 3.05) is 43.7 Å². The Balaban J connectivity index is 1.90. The quantitative estimate of drug-likeness (QED) is 0.785. The molecule has 23 heavy (non-hydrogen) atoms. The van der Waals surface area contributed by atoms with Gasteiger partial charge in [-0.1, -0.05) is 0 Å². The van der Waals surface area contributed by atoms with E-state index in [1.54, 1.807) is 36.1 Å². The first-order valence-electron chi connectivity index (χ1n) is 7.33. The van der Waals surface area contributed by atoms with Gasteiger partial charge in [-0.25, -0.2) is 8.42 Å². The van der Waals surface area contributed by atoms with Crippen LogP contribution in [0.2, 0.25) is 0 Å². The highest BCUT2D eigenvalue weighted by molar-refractivity contribution is 7.92. The van der Waals surface area contributed by atoms with Gasteiger partial charge in [-0.15, -0.1) is 0 Å². The van der Waals surface area contributed by atoms with E-state index in [0.717, 1.165) is 6.26 Å². The van der Waals surface area contributed by atoms with Crippen molar-refractivity contribution in [3.05, 3.63) is 29.8 Å². The smallest absolute Gasteiger partial charge is 0.229 e. The Kier molecular flexibility index (Phi) is 5.38. The molecule has 1 aromatic rings. The van der Waals surface area contributed by atoms with Crippen LogP contribution in [0.25, 0.3) is 0 Å². The zero-order valence-electron chi connectivity index (χ0n) is 13.3. The fourth-order valence-electron chi connectivity index (χ4n) is 2.45. The van der Waals surface area contributed by atoms with Crippen LogP contribution in [0, 0.1) is 0 Å². The van der Waals surface area contributed by atoms with Crippen LogP contribution in [0.4, 0.5) is 5.69 Å². The van der Waals surface area contributed by atoms with Gasteiger partial charge in [0.15, 0.2) is 5.78 Å². The third-order valence-corrected chi connectivity index (χ3v) is 4.30. The number of sulfonamides is 1. The number of ketones is 1. The third-order valence-electron chi connectivity index (χ3n) is 3.69. The van der Waals surface area contributed by atoms with Crippen LogP contribution >= 0.6 is 0 Å². The molecule has 1 heterocycles. The van der Waals surface area contributed by atoms with Crippen LogP contribution in [-0.2, 0) is 14.8 Å². The maximum Gasteiger partial charge on any atom is 0.229 e. The standard InChI is InChI=1S/C15H21N3O4S/c1-12(19)18-9-7-17(8-10-18)11-15(20)13-3-5-14(6-4-13)16-23(2,21)22/h3-6,16H,7-11H2,1-2H3. The summed E-state index contributed by atoms with van der Waals surface area (Å²) in [6.07, 6.45) is 1.08. The van der Waals surface area contributed by atoms with E-state index >= 15 is 0 Å². The molecule has 0 radical (unpaired) electrons. The number of nitrogens with one attached hydrogen (secondary N) is 1. The first kappa shape index (κ1) is 17.4. The van der Waals surface area contributed by atoms with Crippen LogP contribution in [0.1, 0.15) is 17.3 Å². The molecule has 1 saturated heterocycles. The number of anilines is 1. The van der Waals surface area contributed by atoms with Crippen molar-refractivity contribution in [1.29, 1.82) is 0 Å². The average molecular weight is 339 g/mol. The van der Waals surface area contributed by atoms with Gasteiger partial charge >= 0.3 is 0 Å². The molecule has 1 fully saturated rings. The van der Waals surface area contributed by atoms with E-state index in [-0.39, 0.29) is 11.7 Å². The number of piperazine rings is 1. The van der Waals surface area contributed by atoms with E-state index < -0.39 is 10.0 Å². The summed E-state index contributed by atoms with van der Waals surface area (Å²) >= 11 is 0. The van der Waals surface area contributed by atoms with E-state index in [2.05, 4.69) is 4.72 Å². The van der Waals surface area contributed by atoms with E-state index in [9.17, 15) is 18.0 Å². The summed E-state index contributed by atoms with van der Waals surface area (Å²) in [7, 11) is -3.32. The number of benzene rings is 1. The van der Waals surface area contributed by atoms with Crippen molar-refractivity contribution in [2.24, 2.45) is 0 Å². The molecule has 1 N–H and O–H groups in total. The van der Waals surface area contributed by atoms with Crippen molar-refractivity contribution in [2.45, 2.75) is 6.92 Å². The lowest BCUT2D eigenvalue weighted by atomic mass is 10.1. The summed E-state index contributed by atoms with van der Waals surface area (Å²) in [5.74, 6) is 0.0390. The minimum Gasteiger partial charge on any atom is -0.340 e. The maximum atomic E-state index is 12.3. The fourth-order valence-corrected chi connectivity index (χ4v) is 3.02. The van der Waals surface area contributed by atoms with Gasteiger partial charge in [0.05, 0.1) is 12.8 Å². The van der Waals surface area contributed by atoms with Crippen molar-refractivity contribution in [1.82, 2.24) is 9.80 Å². The van der Waals surface area contributed by atoms with Gasteiger partial charge in [0.25, 0.3) is 0 Å². The minimum absolute atomic E-state index is 0.0211. The Morgan fingerprint density at radius 2 is 1.65 bits per heavy atom. The maximum absolute atomic E-state index is 12.3. The second-order valence-corrected chi connectivity index (χ2v) is 7.41. The van der Waals surface area contributed by atoms with Crippen LogP contribution in [0.5, 0.6) is 0 Å². The predicted molar refractivity (Wildman–Crippen MR) is 87.9 cm³/mol. The van der Waals surface area contributed by atoms with Crippen molar-refractivity contribution >= 4 is 27.4 Å². The molecule has 0 atom stereocenters. The van der Waals surface area contributed by atoms with E-state index in [0.29, 0.717) is 44.0 Å². The summed E-state index contributed by atoms with van der Waals surface area (Å²) in [5, 5.41) is 0. The monoisotopic (exact) mass is 339 g/mol. The minimum atomic E-state index is -3.32. The number of carbonyl (C=O) groups is 2. The third kappa shape index (κ3) is 5.33. The van der Waals surface area contributed by atoms with Crippen LogP contribution in [-0.4, -0.2) is 68.9 Å². The molecular weight excluding hydrogens is 318 g/mol. The largest absolute Gasteiger partial charge is 0.340 e. The Bertz CT molecular complexity index is 677. The summed E-state index contributed by atoms with van der Waals surface area (Å²) in [4.78, 5) is 27.3. The molecule has 0 bridgehead atoms. The summed E-state index contributed by atoms with van der Waals surface area (Å²) in [6.45, 7) is 4.48. The lowest BCUT2D eigenvalue weighted by molar-refractivity contribution is -0.130. The lowest BCUT2D eigenvalue weighted by Crippen LogP contribution is -2.49. The molecule has 8 heteroatoms. The molecule has 126 valence electrons. The fraction of sp³-hybridized carbons (Fsp3) is 0.467. The predicted octanol–water partition coefficient (Wildman–Crippen LogP) is 0.405. The van der Waals surface area contributed by atoms with Crippen molar-refractivity contribution in [3.63, 3.8) is 0 Å². The Labute approximate surface area is 136 Å². The average Bonchev–Trinajstić information content (AvgIpc) is 2.46. The molecule has 0 spiro atoms. The molecular formula is C15H21N3O4S. The van der Waals surface area contributed by atoms with Gasteiger partial charge in [-0.05, 0) is 24.3 Å². The van der Waals surface area contributed by atoms with Gasteiger partial charge in [0.1, 0.15) is 0 Å².